The van der Waals surface area contributed by atoms with Gasteiger partial charge in [0.05, 0.1) is 13.2 Å². The normalized spacial score (nSPS) is 12.3. The van der Waals surface area contributed by atoms with E-state index in [1.807, 2.05) is 12.1 Å². The van der Waals surface area contributed by atoms with Gasteiger partial charge in [-0.15, -0.1) is 0 Å². The predicted octanol–water partition coefficient (Wildman–Crippen LogP) is 5.85. The maximum atomic E-state index is 6.34. The number of ether oxygens (including phenoxy) is 1. The summed E-state index contributed by atoms with van der Waals surface area (Å²) in [5.41, 5.74) is 1.64. The van der Waals surface area contributed by atoms with Crippen LogP contribution in [0.25, 0.3) is 0 Å². The summed E-state index contributed by atoms with van der Waals surface area (Å²) in [5, 5.41) is 6.34. The molecule has 0 radical (unpaired) electrons. The van der Waals surface area contributed by atoms with Gasteiger partial charge in [0.15, 0.2) is 0 Å². The van der Waals surface area contributed by atoms with Crippen molar-refractivity contribution in [1.82, 2.24) is 14.8 Å². The molecule has 0 aliphatic rings. The lowest BCUT2D eigenvalue weighted by Gasteiger charge is -2.20. The van der Waals surface area contributed by atoms with E-state index in [4.69, 9.17) is 51.1 Å². The van der Waals surface area contributed by atoms with E-state index in [0.717, 1.165) is 11.1 Å². The van der Waals surface area contributed by atoms with Crippen molar-refractivity contribution in [3.63, 3.8) is 0 Å². The average Bonchev–Trinajstić information content (AvgIpc) is 3.06. The van der Waals surface area contributed by atoms with Gasteiger partial charge >= 0.3 is 0 Å². The Morgan fingerprint density at radius 3 is 2.32 bits per heavy atom. The van der Waals surface area contributed by atoms with Crippen LogP contribution in [-0.2, 0) is 17.9 Å². The van der Waals surface area contributed by atoms with Gasteiger partial charge in [0.2, 0.25) is 0 Å². The Labute approximate surface area is 165 Å². The molecule has 1 atom stereocenters. The second-order valence-corrected chi connectivity index (χ2v) is 7.01. The monoisotopic (exact) mass is 415 g/mol. The van der Waals surface area contributed by atoms with Crippen LogP contribution in [0, 0.1) is 0 Å². The van der Waals surface area contributed by atoms with Crippen molar-refractivity contribution in [2.45, 2.75) is 19.3 Å². The summed E-state index contributed by atoms with van der Waals surface area (Å²) in [7, 11) is 0. The van der Waals surface area contributed by atoms with Gasteiger partial charge in [-0.3, -0.25) is 4.68 Å². The highest BCUT2D eigenvalue weighted by Gasteiger charge is 2.18. The van der Waals surface area contributed by atoms with Gasteiger partial charge < -0.3 is 4.74 Å². The van der Waals surface area contributed by atoms with E-state index in [0.29, 0.717) is 33.2 Å². The van der Waals surface area contributed by atoms with Crippen molar-refractivity contribution >= 4 is 46.4 Å². The molecule has 0 bridgehead atoms. The van der Waals surface area contributed by atoms with Crippen molar-refractivity contribution in [2.24, 2.45) is 0 Å². The van der Waals surface area contributed by atoms with Crippen molar-refractivity contribution in [3.8, 4) is 0 Å². The van der Waals surface area contributed by atoms with Gasteiger partial charge in [0.25, 0.3) is 0 Å². The fourth-order valence-electron chi connectivity index (χ4n) is 2.33. The van der Waals surface area contributed by atoms with Crippen LogP contribution in [0.1, 0.15) is 17.2 Å². The SMILES string of the molecule is Clc1ccc(CO[C@H](Cn2cncn2)c2ccc(Cl)cc2Cl)c(Cl)c1. The van der Waals surface area contributed by atoms with Crippen molar-refractivity contribution in [1.29, 1.82) is 0 Å². The minimum absolute atomic E-state index is 0.300. The lowest BCUT2D eigenvalue weighted by atomic mass is 10.1. The van der Waals surface area contributed by atoms with Gasteiger partial charge in [-0.2, -0.15) is 5.10 Å². The zero-order valence-corrected chi connectivity index (χ0v) is 15.9. The lowest BCUT2D eigenvalue weighted by Crippen LogP contribution is -2.14. The van der Waals surface area contributed by atoms with E-state index in [1.165, 1.54) is 6.33 Å². The maximum absolute atomic E-state index is 6.34. The first-order valence-corrected chi connectivity index (χ1v) is 8.87. The molecule has 1 aromatic heterocycles. The average molecular weight is 417 g/mol. The number of aromatic nitrogens is 3. The minimum Gasteiger partial charge on any atom is -0.367 e. The summed E-state index contributed by atoms with van der Waals surface area (Å²) in [4.78, 5) is 3.95. The summed E-state index contributed by atoms with van der Waals surface area (Å²) in [6, 6.07) is 10.6. The predicted molar refractivity (Wildman–Crippen MR) is 100 cm³/mol. The summed E-state index contributed by atoms with van der Waals surface area (Å²) < 4.78 is 7.76. The van der Waals surface area contributed by atoms with Gasteiger partial charge in [-0.25, -0.2) is 4.98 Å². The molecule has 0 saturated heterocycles. The molecule has 0 unspecified atom stereocenters. The van der Waals surface area contributed by atoms with Crippen molar-refractivity contribution in [2.75, 3.05) is 0 Å². The van der Waals surface area contributed by atoms with Crippen molar-refractivity contribution < 1.29 is 4.74 Å². The Balaban J connectivity index is 1.83. The number of nitrogens with zero attached hydrogens (tertiary/aromatic N) is 3. The van der Waals surface area contributed by atoms with Gasteiger partial charge in [-0.1, -0.05) is 58.5 Å². The first-order chi connectivity index (χ1) is 12.0. The molecule has 0 spiro atoms. The maximum Gasteiger partial charge on any atom is 0.137 e. The molecule has 3 aromatic rings. The molecule has 25 heavy (non-hydrogen) atoms. The molecule has 0 saturated carbocycles. The molecule has 2 aromatic carbocycles. The molecule has 4 nitrogen and oxygen atoms in total. The zero-order chi connectivity index (χ0) is 17.8. The Kier molecular flexibility index (Phi) is 6.20. The van der Waals surface area contributed by atoms with E-state index in [1.54, 1.807) is 35.3 Å². The topological polar surface area (TPSA) is 39.9 Å². The smallest absolute Gasteiger partial charge is 0.137 e. The highest BCUT2D eigenvalue weighted by atomic mass is 35.5. The fourth-order valence-corrected chi connectivity index (χ4v) is 3.32. The molecule has 0 aliphatic carbocycles. The molecule has 8 heteroatoms. The van der Waals surface area contributed by atoms with Crippen LogP contribution in [-0.4, -0.2) is 14.8 Å². The molecule has 3 rings (SSSR count). The highest BCUT2D eigenvalue weighted by Crippen LogP contribution is 2.31. The summed E-state index contributed by atoms with van der Waals surface area (Å²) in [6.07, 6.45) is 2.74. The van der Waals surface area contributed by atoms with Crippen LogP contribution < -0.4 is 0 Å². The Morgan fingerprint density at radius 1 is 0.960 bits per heavy atom. The quantitative estimate of drug-likeness (QED) is 0.505. The Hall–Kier alpha value is -1.30. The zero-order valence-electron chi connectivity index (χ0n) is 12.9. The third-order valence-corrected chi connectivity index (χ3v) is 4.73. The molecule has 0 N–H and O–H groups in total. The number of hydrogen-bond donors (Lipinski definition) is 0. The molecular formula is C17H13Cl4N3O. The minimum atomic E-state index is -0.349. The first-order valence-electron chi connectivity index (χ1n) is 7.36. The van der Waals surface area contributed by atoms with Crippen LogP contribution in [0.15, 0.2) is 49.1 Å². The van der Waals surface area contributed by atoms with Crippen molar-refractivity contribution in [3.05, 3.63) is 80.3 Å². The molecule has 1 heterocycles. The number of benzene rings is 2. The van der Waals surface area contributed by atoms with Gasteiger partial charge in [0, 0.05) is 25.7 Å². The summed E-state index contributed by atoms with van der Waals surface area (Å²) in [5.74, 6) is 0. The van der Waals surface area contributed by atoms with E-state index in [9.17, 15) is 0 Å². The Bertz CT molecular complexity index is 855. The van der Waals surface area contributed by atoms with Crippen LogP contribution in [0.2, 0.25) is 20.1 Å². The van der Waals surface area contributed by atoms with E-state index in [2.05, 4.69) is 10.1 Å². The second-order valence-electron chi connectivity index (χ2n) is 5.32. The largest absolute Gasteiger partial charge is 0.367 e. The summed E-state index contributed by atoms with van der Waals surface area (Å²) in [6.45, 7) is 0.751. The second kappa shape index (κ2) is 8.39. The molecule has 130 valence electrons. The molecule has 0 aliphatic heterocycles. The molecule has 0 fully saturated rings. The van der Waals surface area contributed by atoms with E-state index >= 15 is 0 Å². The van der Waals surface area contributed by atoms with Crippen LogP contribution in [0.4, 0.5) is 0 Å². The van der Waals surface area contributed by atoms with E-state index < -0.39 is 0 Å². The standard InChI is InChI=1S/C17H13Cl4N3O/c18-12-2-1-11(15(20)5-12)8-25-17(7-24-10-22-9-23-24)14-4-3-13(19)6-16(14)21/h1-6,9-10,17H,7-8H2/t17-/m1/s1. The fraction of sp³-hybridized carbons (Fsp3) is 0.176. The third-order valence-electron chi connectivity index (χ3n) is 3.58. The van der Waals surface area contributed by atoms with Crippen LogP contribution >= 0.6 is 46.4 Å². The first kappa shape index (κ1) is 18.5. The number of rotatable bonds is 6. The van der Waals surface area contributed by atoms with Crippen LogP contribution in [0.3, 0.4) is 0 Å². The van der Waals surface area contributed by atoms with Gasteiger partial charge in [0.1, 0.15) is 18.8 Å². The van der Waals surface area contributed by atoms with E-state index in [-0.39, 0.29) is 6.10 Å². The lowest BCUT2D eigenvalue weighted by molar-refractivity contribution is 0.0257. The Morgan fingerprint density at radius 2 is 1.68 bits per heavy atom. The molecular weight excluding hydrogens is 404 g/mol. The van der Waals surface area contributed by atoms with Crippen LogP contribution in [0.5, 0.6) is 0 Å². The van der Waals surface area contributed by atoms with Gasteiger partial charge in [-0.05, 0) is 29.8 Å². The third kappa shape index (κ3) is 4.87. The highest BCUT2D eigenvalue weighted by molar-refractivity contribution is 6.35. The molecule has 0 amide bonds. The number of halogens is 4. The number of hydrogen-bond acceptors (Lipinski definition) is 3. The summed E-state index contributed by atoms with van der Waals surface area (Å²) >= 11 is 24.5.